The molecule has 0 saturated heterocycles. The van der Waals surface area contributed by atoms with Crippen LogP contribution in [0.3, 0.4) is 0 Å². The fraction of sp³-hybridized carbons (Fsp3) is 0.185. The second kappa shape index (κ2) is 9.52. The summed E-state index contributed by atoms with van der Waals surface area (Å²) in [4.78, 5) is 25.3. The minimum Gasteiger partial charge on any atom is -0.488 e. The largest absolute Gasteiger partial charge is 0.488 e. The number of nitrogens with zero attached hydrogens (tertiary/aromatic N) is 1. The van der Waals surface area contributed by atoms with Gasteiger partial charge in [-0.05, 0) is 48.7 Å². The molecule has 0 atom stereocenters. The number of fused-ring (bicyclic) bond motifs is 1. The molecular weight excluding hydrogens is 402 g/mol. The fourth-order valence-corrected chi connectivity index (χ4v) is 3.89. The molecule has 0 spiro atoms. The predicted octanol–water partition coefficient (Wildman–Crippen LogP) is 5.74. The first-order chi connectivity index (χ1) is 15.7. The van der Waals surface area contributed by atoms with Crippen LogP contribution < -0.4 is 4.74 Å². The van der Waals surface area contributed by atoms with Crippen LogP contribution in [0.2, 0.25) is 0 Å². The van der Waals surface area contributed by atoms with Gasteiger partial charge in [0.25, 0.3) is 0 Å². The number of aromatic nitrogens is 1. The van der Waals surface area contributed by atoms with Gasteiger partial charge in [0.1, 0.15) is 12.4 Å². The minimum absolute atomic E-state index is 0.241. The number of benzene rings is 2. The Labute approximate surface area is 187 Å². The maximum atomic E-state index is 13.0. The summed E-state index contributed by atoms with van der Waals surface area (Å²) in [6.07, 6.45) is 3.37. The molecule has 0 fully saturated rings. The van der Waals surface area contributed by atoms with Gasteiger partial charge in [-0.1, -0.05) is 49.4 Å². The number of pyridine rings is 1. The summed E-state index contributed by atoms with van der Waals surface area (Å²) in [5.41, 5.74) is 4.72. The number of ether oxygens (including phenoxy) is 2. The molecule has 5 nitrogen and oxygen atoms in total. The topological polar surface area (TPSA) is 57.0 Å². The molecule has 2 aromatic carbocycles. The Hall–Kier alpha value is -3.86. The molecule has 0 aliphatic carbocycles. The zero-order chi connectivity index (χ0) is 22.5. The molecule has 0 radical (unpaired) electrons. The number of aryl methyl sites for hydroxylation is 1. The Morgan fingerprint density at radius 3 is 2.47 bits per heavy atom. The lowest BCUT2D eigenvalue weighted by Gasteiger charge is -2.14. The smallest absolute Gasteiger partial charge is 0.340 e. The Kier molecular flexibility index (Phi) is 6.36. The van der Waals surface area contributed by atoms with Gasteiger partial charge in [0.2, 0.25) is 0 Å². The molecule has 4 rings (SSSR count). The summed E-state index contributed by atoms with van der Waals surface area (Å²) >= 11 is 0. The summed E-state index contributed by atoms with van der Waals surface area (Å²) in [6, 6.07) is 21.3. The van der Waals surface area contributed by atoms with Gasteiger partial charge >= 0.3 is 5.97 Å². The van der Waals surface area contributed by atoms with E-state index in [9.17, 15) is 9.59 Å². The van der Waals surface area contributed by atoms with Crippen molar-refractivity contribution < 1.29 is 19.1 Å². The van der Waals surface area contributed by atoms with Crippen LogP contribution in [-0.4, -0.2) is 23.3 Å². The second-order valence-electron chi connectivity index (χ2n) is 7.39. The number of esters is 1. The summed E-state index contributed by atoms with van der Waals surface area (Å²) in [6.45, 7) is 4.44. The maximum Gasteiger partial charge on any atom is 0.340 e. The zero-order valence-corrected chi connectivity index (χ0v) is 18.2. The van der Waals surface area contributed by atoms with Gasteiger partial charge in [-0.2, -0.15) is 0 Å². The molecule has 0 saturated carbocycles. The van der Waals surface area contributed by atoms with Gasteiger partial charge in [-0.15, -0.1) is 0 Å². The van der Waals surface area contributed by atoms with Crippen molar-refractivity contribution in [2.75, 3.05) is 6.61 Å². The highest BCUT2D eigenvalue weighted by atomic mass is 16.5. The van der Waals surface area contributed by atoms with E-state index in [0.29, 0.717) is 40.3 Å². The van der Waals surface area contributed by atoms with Gasteiger partial charge in [-0.25, -0.2) is 4.79 Å². The third-order valence-electron chi connectivity index (χ3n) is 5.43. The highest BCUT2D eigenvalue weighted by Gasteiger charge is 2.27. The number of aldehydes is 1. The van der Waals surface area contributed by atoms with E-state index in [1.165, 1.54) is 0 Å². The first kappa shape index (κ1) is 21.4. The SMILES string of the molecule is CCOC(=O)c1c(-c2cc(CC)ccc2OCc2ccccc2)c(C=O)n2ccccc12. The third kappa shape index (κ3) is 4.02. The van der Waals surface area contributed by atoms with E-state index in [-0.39, 0.29) is 6.61 Å². The molecular formula is C27H25NO4. The number of rotatable bonds is 8. The standard InChI is InChI=1S/C27H25NO4/c1-3-19-13-14-24(32-18-20-10-6-5-7-11-20)21(16-19)25-23(17-29)28-15-9-8-12-22(28)26(25)27(30)31-4-2/h5-17H,3-4,18H2,1-2H3. The summed E-state index contributed by atoms with van der Waals surface area (Å²) in [5, 5.41) is 0. The molecule has 0 N–H and O–H groups in total. The number of hydrogen-bond donors (Lipinski definition) is 0. The highest BCUT2D eigenvalue weighted by molar-refractivity contribution is 6.09. The van der Waals surface area contributed by atoms with Crippen LogP contribution >= 0.6 is 0 Å². The van der Waals surface area contributed by atoms with Crippen molar-refractivity contribution in [1.82, 2.24) is 4.40 Å². The van der Waals surface area contributed by atoms with E-state index in [1.807, 2.05) is 66.7 Å². The van der Waals surface area contributed by atoms with Crippen LogP contribution in [0.4, 0.5) is 0 Å². The summed E-state index contributed by atoms with van der Waals surface area (Å²) < 4.78 is 13.3. The monoisotopic (exact) mass is 427 g/mol. The number of carbonyl (C=O) groups is 2. The maximum absolute atomic E-state index is 13.0. The highest BCUT2D eigenvalue weighted by Crippen LogP contribution is 2.39. The Morgan fingerprint density at radius 1 is 0.969 bits per heavy atom. The molecule has 0 unspecified atom stereocenters. The van der Waals surface area contributed by atoms with Crippen LogP contribution in [0.5, 0.6) is 5.75 Å². The van der Waals surface area contributed by atoms with Crippen LogP contribution in [0.15, 0.2) is 72.9 Å². The van der Waals surface area contributed by atoms with Gasteiger partial charge in [-0.3, -0.25) is 4.79 Å². The van der Waals surface area contributed by atoms with Crippen molar-refractivity contribution in [2.45, 2.75) is 26.9 Å². The van der Waals surface area contributed by atoms with Crippen molar-refractivity contribution in [3.05, 3.63) is 95.3 Å². The molecule has 5 heteroatoms. The average Bonchev–Trinajstić information content (AvgIpc) is 3.17. The third-order valence-corrected chi connectivity index (χ3v) is 5.43. The molecule has 0 aliphatic heterocycles. The van der Waals surface area contributed by atoms with Crippen molar-refractivity contribution in [2.24, 2.45) is 0 Å². The number of carbonyl (C=O) groups excluding carboxylic acids is 2. The van der Waals surface area contributed by atoms with Crippen LogP contribution in [-0.2, 0) is 17.8 Å². The first-order valence-corrected chi connectivity index (χ1v) is 10.7. The molecule has 32 heavy (non-hydrogen) atoms. The average molecular weight is 428 g/mol. The summed E-state index contributed by atoms with van der Waals surface area (Å²) in [7, 11) is 0. The molecule has 0 bridgehead atoms. The van der Waals surface area contributed by atoms with E-state index in [1.54, 1.807) is 17.5 Å². The van der Waals surface area contributed by atoms with E-state index >= 15 is 0 Å². The first-order valence-electron chi connectivity index (χ1n) is 10.7. The molecule has 162 valence electrons. The Morgan fingerprint density at radius 2 is 1.75 bits per heavy atom. The Bertz CT molecular complexity index is 1260. The fourth-order valence-electron chi connectivity index (χ4n) is 3.89. The molecule has 2 aromatic heterocycles. The van der Waals surface area contributed by atoms with E-state index in [4.69, 9.17) is 9.47 Å². The quantitative estimate of drug-likeness (QED) is 0.266. The minimum atomic E-state index is -0.463. The van der Waals surface area contributed by atoms with Crippen molar-refractivity contribution in [3.63, 3.8) is 0 Å². The molecule has 2 heterocycles. The van der Waals surface area contributed by atoms with Gasteiger partial charge in [0.05, 0.1) is 23.4 Å². The summed E-state index contributed by atoms with van der Waals surface area (Å²) in [5.74, 6) is 0.144. The van der Waals surface area contributed by atoms with Crippen molar-refractivity contribution in [1.29, 1.82) is 0 Å². The second-order valence-corrected chi connectivity index (χ2v) is 7.39. The van der Waals surface area contributed by atoms with Crippen molar-refractivity contribution in [3.8, 4) is 16.9 Å². The molecule has 0 aliphatic rings. The predicted molar refractivity (Wildman–Crippen MR) is 124 cm³/mol. The van der Waals surface area contributed by atoms with Crippen LogP contribution in [0.25, 0.3) is 16.6 Å². The van der Waals surface area contributed by atoms with Crippen LogP contribution in [0, 0.1) is 0 Å². The lowest BCUT2D eigenvalue weighted by atomic mass is 9.97. The van der Waals surface area contributed by atoms with Gasteiger partial charge < -0.3 is 13.9 Å². The molecule has 0 amide bonds. The van der Waals surface area contributed by atoms with Crippen molar-refractivity contribution >= 4 is 17.8 Å². The lowest BCUT2D eigenvalue weighted by Crippen LogP contribution is -2.06. The van der Waals surface area contributed by atoms with E-state index in [2.05, 4.69) is 6.92 Å². The van der Waals surface area contributed by atoms with Gasteiger partial charge in [0, 0.05) is 17.3 Å². The van der Waals surface area contributed by atoms with E-state index < -0.39 is 5.97 Å². The van der Waals surface area contributed by atoms with E-state index in [0.717, 1.165) is 23.8 Å². The Balaban J connectivity index is 1.93. The van der Waals surface area contributed by atoms with Gasteiger partial charge in [0.15, 0.2) is 6.29 Å². The zero-order valence-electron chi connectivity index (χ0n) is 18.2. The van der Waals surface area contributed by atoms with Crippen LogP contribution in [0.1, 0.15) is 45.8 Å². The lowest BCUT2D eigenvalue weighted by molar-refractivity contribution is 0.0529. The molecule has 4 aromatic rings. The number of hydrogen-bond acceptors (Lipinski definition) is 4. The normalized spacial score (nSPS) is 10.8.